The van der Waals surface area contributed by atoms with Crippen molar-refractivity contribution in [3.63, 3.8) is 0 Å². The highest BCUT2D eigenvalue weighted by Gasteiger charge is 2.31. The van der Waals surface area contributed by atoms with Crippen molar-refractivity contribution in [2.75, 3.05) is 5.32 Å². The van der Waals surface area contributed by atoms with Crippen molar-refractivity contribution >= 4 is 11.7 Å². The molecule has 0 aliphatic rings. The number of hydrogen-bond donors (Lipinski definition) is 2. The summed E-state index contributed by atoms with van der Waals surface area (Å²) in [6, 6.07) is 11.0. The van der Waals surface area contributed by atoms with Crippen molar-refractivity contribution < 1.29 is 22.7 Å². The predicted octanol–water partition coefficient (Wildman–Crippen LogP) is 5.56. The van der Waals surface area contributed by atoms with E-state index in [2.05, 4.69) is 22.3 Å². The summed E-state index contributed by atoms with van der Waals surface area (Å²) < 4.78 is 41.3. The molecule has 2 rings (SSSR count). The number of benzene rings is 2. The topological polar surface area (TPSA) is 50.4 Å². The van der Waals surface area contributed by atoms with E-state index in [4.69, 9.17) is 0 Å². The number of halogens is 3. The molecule has 2 amide bonds. The van der Waals surface area contributed by atoms with Crippen LogP contribution in [0.2, 0.25) is 0 Å². The van der Waals surface area contributed by atoms with E-state index in [0.717, 1.165) is 24.8 Å². The molecule has 0 saturated carbocycles. The number of rotatable bonds is 7. The van der Waals surface area contributed by atoms with Crippen molar-refractivity contribution in [1.82, 2.24) is 5.32 Å². The first-order valence-electron chi connectivity index (χ1n) is 8.76. The van der Waals surface area contributed by atoms with Crippen LogP contribution in [0.1, 0.15) is 36.5 Å². The lowest BCUT2D eigenvalue weighted by molar-refractivity contribution is -0.274. The van der Waals surface area contributed by atoms with Gasteiger partial charge in [-0.15, -0.1) is 13.2 Å². The van der Waals surface area contributed by atoms with Crippen LogP contribution < -0.4 is 15.4 Å². The van der Waals surface area contributed by atoms with Crippen LogP contribution in [0, 0.1) is 6.92 Å². The molecule has 0 aliphatic carbocycles. The number of carbonyl (C=O) groups is 1. The molecule has 0 atom stereocenters. The fraction of sp³-hybridized carbons (Fsp3) is 0.350. The first-order valence-corrected chi connectivity index (χ1v) is 8.76. The summed E-state index contributed by atoms with van der Waals surface area (Å²) in [5, 5.41) is 5.27. The molecule has 0 unspecified atom stereocenters. The number of nitrogens with one attached hydrogen (secondary N) is 2. The Balaban J connectivity index is 1.95. The SMILES string of the molecule is CCCCc1ccc(NC(=O)NCc2ccccc2OC(F)(F)F)c(C)c1. The number of urea groups is 1. The van der Waals surface area contributed by atoms with Gasteiger partial charge in [-0.3, -0.25) is 0 Å². The van der Waals surface area contributed by atoms with Crippen molar-refractivity contribution in [3.8, 4) is 5.75 Å². The summed E-state index contributed by atoms with van der Waals surface area (Å²) in [4.78, 5) is 12.1. The molecule has 0 heterocycles. The van der Waals surface area contributed by atoms with Crippen LogP contribution in [-0.2, 0) is 13.0 Å². The van der Waals surface area contributed by atoms with Gasteiger partial charge < -0.3 is 15.4 Å². The van der Waals surface area contributed by atoms with Gasteiger partial charge in [0, 0.05) is 17.8 Å². The lowest BCUT2D eigenvalue weighted by Gasteiger charge is -2.14. The highest BCUT2D eigenvalue weighted by atomic mass is 19.4. The fourth-order valence-electron chi connectivity index (χ4n) is 2.62. The number of para-hydroxylation sites is 1. The summed E-state index contributed by atoms with van der Waals surface area (Å²) in [7, 11) is 0. The Kier molecular flexibility index (Phi) is 7.10. The third kappa shape index (κ3) is 6.84. The smallest absolute Gasteiger partial charge is 0.405 e. The number of aryl methyl sites for hydroxylation is 2. The van der Waals surface area contributed by atoms with Crippen molar-refractivity contribution in [3.05, 3.63) is 59.2 Å². The first kappa shape index (κ1) is 20.6. The third-order valence-electron chi connectivity index (χ3n) is 4.00. The zero-order chi connectivity index (χ0) is 19.9. The van der Waals surface area contributed by atoms with Gasteiger partial charge in [0.1, 0.15) is 5.75 Å². The molecule has 146 valence electrons. The monoisotopic (exact) mass is 380 g/mol. The summed E-state index contributed by atoms with van der Waals surface area (Å²) in [6.45, 7) is 3.94. The van der Waals surface area contributed by atoms with E-state index in [1.54, 1.807) is 6.07 Å². The number of anilines is 1. The number of hydrogen-bond acceptors (Lipinski definition) is 2. The van der Waals surface area contributed by atoms with E-state index in [9.17, 15) is 18.0 Å². The molecule has 0 bridgehead atoms. The highest BCUT2D eigenvalue weighted by Crippen LogP contribution is 2.26. The minimum Gasteiger partial charge on any atom is -0.405 e. The van der Waals surface area contributed by atoms with Gasteiger partial charge in [-0.05, 0) is 43.0 Å². The minimum absolute atomic E-state index is 0.0915. The molecule has 4 nitrogen and oxygen atoms in total. The number of unbranched alkanes of at least 4 members (excludes halogenated alkanes) is 1. The molecule has 27 heavy (non-hydrogen) atoms. The van der Waals surface area contributed by atoms with E-state index >= 15 is 0 Å². The van der Waals surface area contributed by atoms with Gasteiger partial charge in [-0.2, -0.15) is 0 Å². The van der Waals surface area contributed by atoms with E-state index in [1.165, 1.54) is 23.8 Å². The van der Waals surface area contributed by atoms with E-state index in [1.807, 2.05) is 25.1 Å². The van der Waals surface area contributed by atoms with Crippen LogP contribution in [-0.4, -0.2) is 12.4 Å². The Bertz CT molecular complexity index is 776. The van der Waals surface area contributed by atoms with Crippen molar-refractivity contribution in [1.29, 1.82) is 0 Å². The average Bonchev–Trinajstić information content (AvgIpc) is 2.60. The molecular weight excluding hydrogens is 357 g/mol. The van der Waals surface area contributed by atoms with Gasteiger partial charge in [0.25, 0.3) is 0 Å². The van der Waals surface area contributed by atoms with Gasteiger partial charge in [0.15, 0.2) is 0 Å². The van der Waals surface area contributed by atoms with Gasteiger partial charge in [-0.1, -0.05) is 43.7 Å². The van der Waals surface area contributed by atoms with Crippen molar-refractivity contribution in [2.45, 2.75) is 46.0 Å². The highest BCUT2D eigenvalue weighted by molar-refractivity contribution is 5.90. The molecule has 0 fully saturated rings. The summed E-state index contributed by atoms with van der Waals surface area (Å²) >= 11 is 0. The molecule has 0 radical (unpaired) electrons. The van der Waals surface area contributed by atoms with Crippen molar-refractivity contribution in [2.24, 2.45) is 0 Å². The fourth-order valence-corrected chi connectivity index (χ4v) is 2.62. The first-order chi connectivity index (χ1) is 12.8. The Morgan fingerprint density at radius 3 is 2.56 bits per heavy atom. The largest absolute Gasteiger partial charge is 0.573 e. The maximum absolute atomic E-state index is 12.4. The van der Waals surface area contributed by atoms with Gasteiger partial charge in [0.2, 0.25) is 0 Å². The van der Waals surface area contributed by atoms with Gasteiger partial charge in [0.05, 0.1) is 0 Å². The molecule has 0 aromatic heterocycles. The maximum Gasteiger partial charge on any atom is 0.573 e. The Labute approximate surface area is 156 Å². The Hall–Kier alpha value is -2.70. The lowest BCUT2D eigenvalue weighted by atomic mass is 10.0. The molecule has 0 aliphatic heterocycles. The number of carbonyl (C=O) groups excluding carboxylic acids is 1. The standard InChI is InChI=1S/C20H23F3N2O2/c1-3-4-7-15-10-11-17(14(2)12-15)25-19(26)24-13-16-8-5-6-9-18(16)27-20(21,22)23/h5-6,8-12H,3-4,7,13H2,1-2H3,(H2,24,25,26). The number of alkyl halides is 3. The van der Waals surface area contributed by atoms with Gasteiger partial charge >= 0.3 is 12.4 Å². The van der Waals surface area contributed by atoms with Crippen LogP contribution in [0.15, 0.2) is 42.5 Å². The summed E-state index contributed by atoms with van der Waals surface area (Å²) in [6.07, 6.45) is -1.58. The molecule has 0 saturated heterocycles. The van der Waals surface area contributed by atoms with Gasteiger partial charge in [-0.25, -0.2) is 4.79 Å². The zero-order valence-corrected chi connectivity index (χ0v) is 15.3. The molecule has 2 aromatic rings. The van der Waals surface area contributed by atoms with E-state index in [-0.39, 0.29) is 17.9 Å². The van der Waals surface area contributed by atoms with E-state index in [0.29, 0.717) is 5.69 Å². The predicted molar refractivity (Wildman–Crippen MR) is 98.8 cm³/mol. The quantitative estimate of drug-likeness (QED) is 0.661. The summed E-state index contributed by atoms with van der Waals surface area (Å²) in [5.74, 6) is -0.332. The molecule has 2 aromatic carbocycles. The summed E-state index contributed by atoms with van der Waals surface area (Å²) in [5.41, 5.74) is 3.03. The molecule has 0 spiro atoms. The number of amides is 2. The second-order valence-electron chi connectivity index (χ2n) is 6.22. The van der Waals surface area contributed by atoms with Crippen LogP contribution in [0.25, 0.3) is 0 Å². The molecular formula is C20H23F3N2O2. The number of ether oxygens (including phenoxy) is 1. The van der Waals surface area contributed by atoms with Crippen LogP contribution in [0.4, 0.5) is 23.7 Å². The second-order valence-corrected chi connectivity index (χ2v) is 6.22. The Morgan fingerprint density at radius 1 is 1.15 bits per heavy atom. The Morgan fingerprint density at radius 2 is 1.89 bits per heavy atom. The minimum atomic E-state index is -4.78. The van der Waals surface area contributed by atoms with Crippen LogP contribution in [0.3, 0.4) is 0 Å². The third-order valence-corrected chi connectivity index (χ3v) is 4.00. The normalized spacial score (nSPS) is 11.1. The molecule has 2 N–H and O–H groups in total. The van der Waals surface area contributed by atoms with E-state index < -0.39 is 12.4 Å². The molecule has 7 heteroatoms. The van der Waals surface area contributed by atoms with Crippen LogP contribution in [0.5, 0.6) is 5.75 Å². The zero-order valence-electron chi connectivity index (χ0n) is 15.3. The maximum atomic E-state index is 12.4. The second kappa shape index (κ2) is 9.30. The van der Waals surface area contributed by atoms with Crippen LogP contribution >= 0.6 is 0 Å². The average molecular weight is 380 g/mol. The lowest BCUT2D eigenvalue weighted by Crippen LogP contribution is -2.29.